The van der Waals surface area contributed by atoms with Crippen LogP contribution >= 0.6 is 0 Å². The molecule has 25 heavy (non-hydrogen) atoms. The second-order valence-corrected chi connectivity index (χ2v) is 6.22. The van der Waals surface area contributed by atoms with Gasteiger partial charge in [-0.15, -0.1) is 5.10 Å². The third-order valence-corrected chi connectivity index (χ3v) is 4.19. The van der Waals surface area contributed by atoms with Crippen molar-refractivity contribution in [1.82, 2.24) is 24.8 Å². The van der Waals surface area contributed by atoms with Crippen LogP contribution in [0.4, 0.5) is 0 Å². The van der Waals surface area contributed by atoms with Crippen LogP contribution in [0.15, 0.2) is 30.5 Å². The molecule has 1 aromatic carbocycles. The number of likely N-dealkylation sites (tertiary alicyclic amines) is 1. The Kier molecular flexibility index (Phi) is 4.97. The summed E-state index contributed by atoms with van der Waals surface area (Å²) in [5.41, 5.74) is 1.00. The van der Waals surface area contributed by atoms with E-state index in [-0.39, 0.29) is 29.8 Å². The number of rotatable bonds is 5. The largest absolute Gasteiger partial charge is 0.508 e. The Morgan fingerprint density at radius 3 is 2.76 bits per heavy atom. The van der Waals surface area contributed by atoms with Crippen LogP contribution < -0.4 is 0 Å². The van der Waals surface area contributed by atoms with Crippen molar-refractivity contribution in [2.45, 2.75) is 25.9 Å². The molecule has 1 fully saturated rings. The van der Waals surface area contributed by atoms with Gasteiger partial charge in [-0.25, -0.2) is 4.68 Å². The number of phenols is 1. The maximum atomic E-state index is 12.4. The smallest absolute Gasteiger partial charge is 0.276 e. The fourth-order valence-corrected chi connectivity index (χ4v) is 2.87. The average Bonchev–Trinajstić information content (AvgIpc) is 3.26. The third kappa shape index (κ3) is 4.14. The SMILES string of the molecule is CN(Cc1cccc(O)c1)C(=O)c1cn(CC(=O)N2CCCC2)nn1. The van der Waals surface area contributed by atoms with Crippen molar-refractivity contribution in [3.05, 3.63) is 41.7 Å². The zero-order valence-electron chi connectivity index (χ0n) is 14.1. The van der Waals surface area contributed by atoms with Crippen LogP contribution in [0.3, 0.4) is 0 Å². The second kappa shape index (κ2) is 7.33. The normalized spacial score (nSPS) is 13.9. The highest BCUT2D eigenvalue weighted by Gasteiger charge is 2.20. The van der Waals surface area contributed by atoms with Gasteiger partial charge in [-0.05, 0) is 30.5 Å². The van der Waals surface area contributed by atoms with Gasteiger partial charge in [0.25, 0.3) is 5.91 Å². The van der Waals surface area contributed by atoms with Gasteiger partial charge in [0.1, 0.15) is 12.3 Å². The summed E-state index contributed by atoms with van der Waals surface area (Å²) in [6.07, 6.45) is 3.56. The molecular weight excluding hydrogens is 322 g/mol. The highest BCUT2D eigenvalue weighted by atomic mass is 16.3. The van der Waals surface area contributed by atoms with Gasteiger partial charge in [0.2, 0.25) is 5.91 Å². The number of benzene rings is 1. The number of aromatic nitrogens is 3. The third-order valence-electron chi connectivity index (χ3n) is 4.19. The molecule has 2 aromatic rings. The monoisotopic (exact) mass is 343 g/mol. The molecule has 0 bridgehead atoms. The Bertz CT molecular complexity index is 767. The lowest BCUT2D eigenvalue weighted by Gasteiger charge is -2.16. The summed E-state index contributed by atoms with van der Waals surface area (Å²) in [6.45, 7) is 2.00. The predicted octanol–water partition coefficient (Wildman–Crippen LogP) is 0.878. The van der Waals surface area contributed by atoms with Crippen molar-refractivity contribution < 1.29 is 14.7 Å². The molecule has 8 nitrogen and oxygen atoms in total. The molecule has 0 radical (unpaired) electrons. The van der Waals surface area contributed by atoms with Crippen LogP contribution in [0.5, 0.6) is 5.75 Å². The van der Waals surface area contributed by atoms with E-state index in [1.54, 1.807) is 30.1 Å². The molecule has 2 heterocycles. The van der Waals surface area contributed by atoms with Gasteiger partial charge in [-0.1, -0.05) is 17.3 Å². The molecule has 8 heteroatoms. The zero-order valence-corrected chi connectivity index (χ0v) is 14.1. The molecule has 0 atom stereocenters. The fourth-order valence-electron chi connectivity index (χ4n) is 2.87. The number of amides is 2. The summed E-state index contributed by atoms with van der Waals surface area (Å²) in [5, 5.41) is 17.3. The van der Waals surface area contributed by atoms with E-state index in [2.05, 4.69) is 10.3 Å². The average molecular weight is 343 g/mol. The number of aromatic hydroxyl groups is 1. The van der Waals surface area contributed by atoms with Crippen LogP contribution in [0.25, 0.3) is 0 Å². The lowest BCUT2D eigenvalue weighted by atomic mass is 10.2. The molecule has 1 N–H and O–H groups in total. The molecular formula is C17H21N5O3. The first-order valence-electron chi connectivity index (χ1n) is 8.24. The van der Waals surface area contributed by atoms with Gasteiger partial charge in [0.05, 0.1) is 6.20 Å². The van der Waals surface area contributed by atoms with Crippen LogP contribution in [0.2, 0.25) is 0 Å². The van der Waals surface area contributed by atoms with Crippen LogP contribution in [-0.2, 0) is 17.9 Å². The van der Waals surface area contributed by atoms with Crippen molar-refractivity contribution in [2.24, 2.45) is 0 Å². The highest BCUT2D eigenvalue weighted by molar-refractivity contribution is 5.91. The molecule has 1 aromatic heterocycles. The van der Waals surface area contributed by atoms with Crippen LogP contribution in [0, 0.1) is 0 Å². The molecule has 0 aliphatic carbocycles. The number of nitrogens with zero attached hydrogens (tertiary/aromatic N) is 5. The van der Waals surface area contributed by atoms with Gasteiger partial charge < -0.3 is 14.9 Å². The zero-order chi connectivity index (χ0) is 17.8. The van der Waals surface area contributed by atoms with E-state index in [1.807, 2.05) is 6.07 Å². The minimum absolute atomic E-state index is 0.00508. The maximum absolute atomic E-state index is 12.4. The summed E-state index contributed by atoms with van der Waals surface area (Å²) >= 11 is 0. The summed E-state index contributed by atoms with van der Waals surface area (Å²) in [5.74, 6) is -0.137. The minimum Gasteiger partial charge on any atom is -0.508 e. The van der Waals surface area contributed by atoms with E-state index in [0.717, 1.165) is 31.5 Å². The van der Waals surface area contributed by atoms with E-state index in [4.69, 9.17) is 0 Å². The lowest BCUT2D eigenvalue weighted by molar-refractivity contribution is -0.130. The molecule has 0 unspecified atom stereocenters. The molecule has 1 saturated heterocycles. The Hall–Kier alpha value is -2.90. The van der Waals surface area contributed by atoms with E-state index in [0.29, 0.717) is 6.54 Å². The van der Waals surface area contributed by atoms with Gasteiger partial charge >= 0.3 is 0 Å². The molecule has 2 amide bonds. The van der Waals surface area contributed by atoms with Gasteiger partial charge in [0.15, 0.2) is 5.69 Å². The fraction of sp³-hybridized carbons (Fsp3) is 0.412. The van der Waals surface area contributed by atoms with E-state index < -0.39 is 0 Å². The van der Waals surface area contributed by atoms with Gasteiger partial charge in [-0.2, -0.15) is 0 Å². The van der Waals surface area contributed by atoms with E-state index >= 15 is 0 Å². The predicted molar refractivity (Wildman–Crippen MR) is 89.7 cm³/mol. The first kappa shape index (κ1) is 16.9. The molecule has 132 valence electrons. The van der Waals surface area contributed by atoms with E-state index in [1.165, 1.54) is 15.8 Å². The van der Waals surface area contributed by atoms with Crippen molar-refractivity contribution in [2.75, 3.05) is 20.1 Å². The van der Waals surface area contributed by atoms with E-state index in [9.17, 15) is 14.7 Å². The first-order valence-corrected chi connectivity index (χ1v) is 8.24. The topological polar surface area (TPSA) is 91.6 Å². The molecule has 1 aliphatic rings. The number of phenolic OH excluding ortho intramolecular Hbond substituents is 1. The number of carbonyl (C=O) groups is 2. The van der Waals surface area contributed by atoms with Crippen LogP contribution in [0.1, 0.15) is 28.9 Å². The number of carbonyl (C=O) groups excluding carboxylic acids is 2. The Balaban J connectivity index is 1.60. The Morgan fingerprint density at radius 1 is 1.28 bits per heavy atom. The number of hydrogen-bond acceptors (Lipinski definition) is 5. The summed E-state index contributed by atoms with van der Waals surface area (Å²) in [7, 11) is 1.65. The quantitative estimate of drug-likeness (QED) is 0.870. The van der Waals surface area contributed by atoms with Crippen molar-refractivity contribution in [3.8, 4) is 5.75 Å². The molecule has 3 rings (SSSR count). The standard InChI is InChI=1S/C17H21N5O3/c1-20(10-13-5-4-6-14(23)9-13)17(25)15-11-22(19-18-15)12-16(24)21-7-2-3-8-21/h4-6,9,11,23H,2-3,7-8,10,12H2,1H3. The second-order valence-electron chi connectivity index (χ2n) is 6.22. The van der Waals surface area contributed by atoms with Gasteiger partial charge in [-0.3, -0.25) is 9.59 Å². The Labute approximate surface area is 145 Å². The minimum atomic E-state index is -0.289. The molecule has 0 saturated carbocycles. The van der Waals surface area contributed by atoms with Crippen LogP contribution in [-0.4, -0.2) is 61.9 Å². The maximum Gasteiger partial charge on any atom is 0.276 e. The highest BCUT2D eigenvalue weighted by Crippen LogP contribution is 2.13. The van der Waals surface area contributed by atoms with Crippen molar-refractivity contribution in [1.29, 1.82) is 0 Å². The van der Waals surface area contributed by atoms with Crippen molar-refractivity contribution in [3.63, 3.8) is 0 Å². The summed E-state index contributed by atoms with van der Waals surface area (Å²) in [6, 6.07) is 6.74. The van der Waals surface area contributed by atoms with Gasteiger partial charge in [0, 0.05) is 26.7 Å². The molecule has 0 spiro atoms. The lowest BCUT2D eigenvalue weighted by Crippen LogP contribution is -2.31. The Morgan fingerprint density at radius 2 is 2.04 bits per heavy atom. The molecule has 1 aliphatic heterocycles. The number of hydrogen-bond donors (Lipinski definition) is 1. The van der Waals surface area contributed by atoms with Crippen molar-refractivity contribution >= 4 is 11.8 Å². The first-order chi connectivity index (χ1) is 12.0. The summed E-state index contributed by atoms with van der Waals surface area (Å²) < 4.78 is 1.40. The summed E-state index contributed by atoms with van der Waals surface area (Å²) in [4.78, 5) is 27.9.